The Morgan fingerprint density at radius 1 is 1.36 bits per heavy atom. The third-order valence-electron chi connectivity index (χ3n) is 3.57. The molecule has 0 N–H and O–H groups in total. The van der Waals surface area contributed by atoms with Crippen molar-refractivity contribution in [1.29, 1.82) is 0 Å². The zero-order valence-corrected chi connectivity index (χ0v) is 12.5. The molecule has 1 aliphatic carbocycles. The van der Waals surface area contributed by atoms with Gasteiger partial charge in [-0.25, -0.2) is 9.78 Å². The van der Waals surface area contributed by atoms with Gasteiger partial charge in [0.05, 0.1) is 23.5 Å². The lowest BCUT2D eigenvalue weighted by Crippen LogP contribution is -2.02. The van der Waals surface area contributed by atoms with Crippen LogP contribution in [0.1, 0.15) is 18.5 Å². The standard InChI is InChI=1S/C16H13N3O2S/c20-15(12-6-7-12)21-17-10-13-14(11-4-2-1-3-5-11)18-16-19(13)8-9-22-16/h1-5,8-10,12H,6-7H2/b17-10+. The Kier molecular flexibility index (Phi) is 3.23. The molecular weight excluding hydrogens is 298 g/mol. The average molecular weight is 311 g/mol. The Bertz CT molecular complexity index is 847. The molecule has 0 radical (unpaired) electrons. The molecule has 110 valence electrons. The smallest absolute Gasteiger partial charge is 0.318 e. The lowest BCUT2D eigenvalue weighted by atomic mass is 10.1. The molecule has 0 unspecified atom stereocenters. The van der Waals surface area contributed by atoms with Gasteiger partial charge < -0.3 is 4.84 Å². The molecule has 0 amide bonds. The minimum Gasteiger partial charge on any atom is -0.318 e. The third kappa shape index (κ3) is 2.42. The van der Waals surface area contributed by atoms with Crippen LogP contribution >= 0.6 is 11.3 Å². The topological polar surface area (TPSA) is 56.0 Å². The van der Waals surface area contributed by atoms with Gasteiger partial charge in [-0.05, 0) is 12.8 Å². The highest BCUT2D eigenvalue weighted by Gasteiger charge is 2.31. The maximum atomic E-state index is 11.5. The molecule has 22 heavy (non-hydrogen) atoms. The van der Waals surface area contributed by atoms with E-state index in [1.165, 1.54) is 0 Å². The predicted octanol–water partition coefficient (Wildman–Crippen LogP) is 3.35. The average Bonchev–Trinajstić information content (AvgIpc) is 3.20. The fourth-order valence-corrected chi connectivity index (χ4v) is 2.98. The summed E-state index contributed by atoms with van der Waals surface area (Å²) in [5.74, 6) is -0.207. The molecule has 1 fully saturated rings. The summed E-state index contributed by atoms with van der Waals surface area (Å²) in [6.07, 6.45) is 5.31. The van der Waals surface area contributed by atoms with Gasteiger partial charge in [0.25, 0.3) is 0 Å². The Hall–Kier alpha value is -2.47. The maximum absolute atomic E-state index is 11.5. The van der Waals surface area contributed by atoms with Crippen molar-refractivity contribution >= 4 is 28.5 Å². The summed E-state index contributed by atoms with van der Waals surface area (Å²) in [4.78, 5) is 22.0. The first kappa shape index (κ1) is 13.2. The monoisotopic (exact) mass is 311 g/mol. The molecule has 0 atom stereocenters. The number of thiazole rings is 1. The molecule has 5 nitrogen and oxygen atoms in total. The first-order chi connectivity index (χ1) is 10.8. The quantitative estimate of drug-likeness (QED) is 0.422. The van der Waals surface area contributed by atoms with Crippen molar-refractivity contribution in [2.24, 2.45) is 11.1 Å². The first-order valence-electron chi connectivity index (χ1n) is 7.08. The van der Waals surface area contributed by atoms with Crippen LogP contribution in [-0.4, -0.2) is 21.6 Å². The zero-order chi connectivity index (χ0) is 14.9. The number of nitrogens with zero attached hydrogens (tertiary/aromatic N) is 3. The van der Waals surface area contributed by atoms with Crippen LogP contribution in [0.2, 0.25) is 0 Å². The largest absolute Gasteiger partial charge is 0.338 e. The highest BCUT2D eigenvalue weighted by Crippen LogP contribution is 2.30. The van der Waals surface area contributed by atoms with E-state index >= 15 is 0 Å². The van der Waals surface area contributed by atoms with Crippen LogP contribution in [0.3, 0.4) is 0 Å². The van der Waals surface area contributed by atoms with Crippen LogP contribution in [0.4, 0.5) is 0 Å². The lowest BCUT2D eigenvalue weighted by Gasteiger charge is -1.99. The van der Waals surface area contributed by atoms with Crippen molar-refractivity contribution in [2.75, 3.05) is 0 Å². The molecule has 0 aliphatic heterocycles. The SMILES string of the molecule is O=C(O/N=C/c1c(-c2ccccc2)nc2sccn12)C1CC1. The highest BCUT2D eigenvalue weighted by atomic mass is 32.1. The van der Waals surface area contributed by atoms with Crippen LogP contribution < -0.4 is 0 Å². The van der Waals surface area contributed by atoms with E-state index in [1.807, 2.05) is 46.3 Å². The highest BCUT2D eigenvalue weighted by molar-refractivity contribution is 7.15. The van der Waals surface area contributed by atoms with Crippen LogP contribution in [0.15, 0.2) is 47.1 Å². The van der Waals surface area contributed by atoms with Gasteiger partial charge in [-0.3, -0.25) is 4.40 Å². The Balaban J connectivity index is 1.69. The van der Waals surface area contributed by atoms with E-state index in [9.17, 15) is 4.79 Å². The number of hydrogen-bond donors (Lipinski definition) is 0. The van der Waals surface area contributed by atoms with Gasteiger partial charge in [-0.15, -0.1) is 11.3 Å². The summed E-state index contributed by atoms with van der Waals surface area (Å²) in [6.45, 7) is 0. The predicted molar refractivity (Wildman–Crippen MR) is 84.9 cm³/mol. The van der Waals surface area contributed by atoms with Gasteiger partial charge >= 0.3 is 5.97 Å². The number of oxime groups is 1. The van der Waals surface area contributed by atoms with Gasteiger partial charge in [0.2, 0.25) is 0 Å². The van der Waals surface area contributed by atoms with Gasteiger partial charge in [0.15, 0.2) is 4.96 Å². The number of fused-ring (bicyclic) bond motifs is 1. The van der Waals surface area contributed by atoms with E-state index in [0.29, 0.717) is 0 Å². The number of benzene rings is 1. The van der Waals surface area contributed by atoms with Gasteiger partial charge in [-0.2, -0.15) is 0 Å². The summed E-state index contributed by atoms with van der Waals surface area (Å²) < 4.78 is 1.95. The molecule has 0 spiro atoms. The van der Waals surface area contributed by atoms with E-state index in [1.54, 1.807) is 17.6 Å². The van der Waals surface area contributed by atoms with E-state index in [4.69, 9.17) is 4.84 Å². The molecule has 1 aliphatic rings. The second kappa shape index (κ2) is 5.38. The normalized spacial score (nSPS) is 14.7. The second-order valence-electron chi connectivity index (χ2n) is 5.19. The second-order valence-corrected chi connectivity index (χ2v) is 6.06. The first-order valence-corrected chi connectivity index (χ1v) is 7.96. The fraction of sp³-hybridized carbons (Fsp3) is 0.188. The molecule has 2 aromatic heterocycles. The summed E-state index contributed by atoms with van der Waals surface area (Å²) in [5.41, 5.74) is 2.65. The van der Waals surface area contributed by atoms with Crippen LogP contribution in [0.25, 0.3) is 16.2 Å². The Labute approximate surface area is 130 Å². The number of imidazole rings is 1. The number of carbonyl (C=O) groups excluding carboxylic acids is 1. The minimum atomic E-state index is -0.247. The minimum absolute atomic E-state index is 0.0392. The van der Waals surface area contributed by atoms with Gasteiger partial charge in [0.1, 0.15) is 0 Å². The van der Waals surface area contributed by atoms with Crippen LogP contribution in [-0.2, 0) is 9.63 Å². The molecule has 6 heteroatoms. The number of aromatic nitrogens is 2. The Morgan fingerprint density at radius 3 is 2.95 bits per heavy atom. The number of hydrogen-bond acceptors (Lipinski definition) is 5. The summed E-state index contributed by atoms with van der Waals surface area (Å²) in [5, 5.41) is 5.82. The number of carbonyl (C=O) groups is 1. The Morgan fingerprint density at radius 2 is 2.18 bits per heavy atom. The van der Waals surface area contributed by atoms with Gasteiger partial charge in [-0.1, -0.05) is 35.5 Å². The molecule has 4 rings (SSSR count). The summed E-state index contributed by atoms with van der Waals surface area (Å²) in [6, 6.07) is 9.90. The molecule has 0 bridgehead atoms. The third-order valence-corrected chi connectivity index (χ3v) is 4.33. The molecular formula is C16H13N3O2S. The van der Waals surface area contributed by atoms with E-state index in [2.05, 4.69) is 10.1 Å². The van der Waals surface area contributed by atoms with Crippen molar-refractivity contribution < 1.29 is 9.63 Å². The molecule has 1 saturated carbocycles. The lowest BCUT2D eigenvalue weighted by molar-refractivity contribution is -0.145. The molecule has 0 saturated heterocycles. The van der Waals surface area contributed by atoms with Crippen LogP contribution in [0.5, 0.6) is 0 Å². The maximum Gasteiger partial charge on any atom is 0.338 e. The molecule has 2 heterocycles. The fourth-order valence-electron chi connectivity index (χ4n) is 2.26. The zero-order valence-electron chi connectivity index (χ0n) is 11.7. The van der Waals surface area contributed by atoms with E-state index in [-0.39, 0.29) is 11.9 Å². The van der Waals surface area contributed by atoms with Gasteiger partial charge in [0, 0.05) is 17.1 Å². The van der Waals surface area contributed by atoms with Crippen LogP contribution in [0, 0.1) is 5.92 Å². The van der Waals surface area contributed by atoms with Crippen molar-refractivity contribution in [2.45, 2.75) is 12.8 Å². The number of rotatable bonds is 4. The van der Waals surface area contributed by atoms with Crippen molar-refractivity contribution in [3.05, 3.63) is 47.6 Å². The van der Waals surface area contributed by atoms with Crippen molar-refractivity contribution in [1.82, 2.24) is 9.38 Å². The summed E-state index contributed by atoms with van der Waals surface area (Å²) >= 11 is 1.55. The molecule has 1 aromatic carbocycles. The molecule has 3 aromatic rings. The van der Waals surface area contributed by atoms with E-state index < -0.39 is 0 Å². The summed E-state index contributed by atoms with van der Waals surface area (Å²) in [7, 11) is 0. The van der Waals surface area contributed by atoms with E-state index in [0.717, 1.165) is 34.8 Å². The van der Waals surface area contributed by atoms with Crippen molar-refractivity contribution in [3.63, 3.8) is 0 Å². The van der Waals surface area contributed by atoms with Crippen molar-refractivity contribution in [3.8, 4) is 11.3 Å².